The van der Waals surface area contributed by atoms with Crippen LogP contribution in [0.15, 0.2) is 12.2 Å². The monoisotopic (exact) mass is 313 g/mol. The lowest BCUT2D eigenvalue weighted by Gasteiger charge is -2.52. The number of allylic oxidation sites excluding steroid dienone is 2. The summed E-state index contributed by atoms with van der Waals surface area (Å²) in [7, 11) is -1.42. The smallest absolute Gasteiger partial charge is 0.158 e. The first-order chi connectivity index (χ1) is 9.58. The molecule has 0 aromatic carbocycles. The van der Waals surface area contributed by atoms with Crippen molar-refractivity contribution in [3.8, 4) is 0 Å². The maximum atomic E-state index is 2.86. The molecule has 21 heavy (non-hydrogen) atoms. The van der Waals surface area contributed by atoms with Crippen molar-refractivity contribution in [2.75, 3.05) is 0 Å². The van der Waals surface area contributed by atoms with Gasteiger partial charge in [0, 0.05) is 24.2 Å². The second kappa shape index (κ2) is 7.11. The van der Waals surface area contributed by atoms with Crippen molar-refractivity contribution >= 4 is 7.56 Å². The van der Waals surface area contributed by atoms with Gasteiger partial charge >= 0.3 is 0 Å². The molecule has 0 radical (unpaired) electrons. The molecule has 0 fully saturated rings. The lowest BCUT2D eigenvalue weighted by Crippen LogP contribution is -2.52. The second-order valence-corrected chi connectivity index (χ2v) is 11.7. The highest BCUT2D eigenvalue weighted by Crippen LogP contribution is 2.77. The second-order valence-electron chi connectivity index (χ2n) is 7.70. The lowest BCUT2D eigenvalue weighted by molar-refractivity contribution is 0.240. The predicted octanol–water partition coefficient (Wildman–Crippen LogP) is 5.42. The zero-order valence-electron chi connectivity index (χ0n) is 16.0. The minimum atomic E-state index is -1.42. The van der Waals surface area contributed by atoms with Gasteiger partial charge in [0.1, 0.15) is 11.3 Å². The molecule has 0 spiro atoms. The van der Waals surface area contributed by atoms with Crippen molar-refractivity contribution in [2.24, 2.45) is 0 Å². The van der Waals surface area contributed by atoms with E-state index in [-0.39, 0.29) is 0 Å². The van der Waals surface area contributed by atoms with Gasteiger partial charge in [-0.2, -0.15) is 9.34 Å². The Hall–Kier alpha value is 0.0900. The zero-order chi connectivity index (χ0) is 16.5. The summed E-state index contributed by atoms with van der Waals surface area (Å²) in [5.41, 5.74) is 1.31. The molecule has 1 rings (SSSR count). The quantitative estimate of drug-likeness (QED) is 0.477. The van der Waals surface area contributed by atoms with Crippen LogP contribution in [-0.4, -0.2) is 44.8 Å². The Morgan fingerprint density at radius 1 is 0.619 bits per heavy atom. The van der Waals surface area contributed by atoms with Crippen LogP contribution in [-0.2, 0) is 0 Å². The number of nitrogens with zero attached hydrogens (tertiary/aromatic N) is 2. The summed E-state index contributed by atoms with van der Waals surface area (Å²) in [5.74, 6) is 0. The van der Waals surface area contributed by atoms with Gasteiger partial charge < -0.3 is 0 Å². The summed E-state index contributed by atoms with van der Waals surface area (Å²) in [4.78, 5) is 0. The fraction of sp³-hybridized carbons (Fsp3) is 0.889. The maximum Gasteiger partial charge on any atom is 0.167 e. The van der Waals surface area contributed by atoms with Crippen molar-refractivity contribution in [3.63, 3.8) is 0 Å². The van der Waals surface area contributed by atoms with Crippen LogP contribution in [0.25, 0.3) is 0 Å². The summed E-state index contributed by atoms with van der Waals surface area (Å²) in [5, 5.41) is 0. The van der Waals surface area contributed by atoms with E-state index in [2.05, 4.69) is 90.7 Å². The van der Waals surface area contributed by atoms with E-state index in [0.717, 1.165) is 0 Å². The average molecular weight is 313 g/mol. The SMILES string of the molecule is CC(C)N(C(C)C)[P+]1(N(C(C)C)C(C)C)C(C)C=CC1C. The largest absolute Gasteiger partial charge is 0.167 e. The molecule has 0 saturated heterocycles. The zero-order valence-corrected chi connectivity index (χ0v) is 16.9. The van der Waals surface area contributed by atoms with Gasteiger partial charge in [-0.3, -0.25) is 0 Å². The Bertz CT molecular complexity index is 310. The van der Waals surface area contributed by atoms with Gasteiger partial charge in [-0.05, 0) is 81.4 Å². The highest BCUT2D eigenvalue weighted by atomic mass is 31.2. The Kier molecular flexibility index (Phi) is 6.48. The van der Waals surface area contributed by atoms with Crippen LogP contribution < -0.4 is 0 Å². The first-order valence-electron chi connectivity index (χ1n) is 8.72. The third-order valence-electron chi connectivity index (χ3n) is 4.72. The Morgan fingerprint density at radius 2 is 0.857 bits per heavy atom. The van der Waals surface area contributed by atoms with Crippen LogP contribution >= 0.6 is 7.56 Å². The van der Waals surface area contributed by atoms with Gasteiger partial charge in [0.25, 0.3) is 0 Å². The third kappa shape index (κ3) is 3.23. The van der Waals surface area contributed by atoms with Crippen LogP contribution in [0.3, 0.4) is 0 Å². The van der Waals surface area contributed by atoms with E-state index in [0.29, 0.717) is 35.5 Å². The molecule has 0 aromatic rings. The molecule has 124 valence electrons. The summed E-state index contributed by atoms with van der Waals surface area (Å²) in [6.07, 6.45) is 4.96. The molecule has 2 nitrogen and oxygen atoms in total. The van der Waals surface area contributed by atoms with Crippen molar-refractivity contribution < 1.29 is 0 Å². The molecule has 1 heterocycles. The molecule has 0 bridgehead atoms. The van der Waals surface area contributed by atoms with E-state index in [9.17, 15) is 0 Å². The lowest BCUT2D eigenvalue weighted by atomic mass is 10.3. The molecule has 1 aliphatic rings. The number of hydrogen-bond donors (Lipinski definition) is 0. The summed E-state index contributed by atoms with van der Waals surface area (Å²) in [6.45, 7) is 23.9. The van der Waals surface area contributed by atoms with Crippen LogP contribution in [0.4, 0.5) is 0 Å². The summed E-state index contributed by atoms with van der Waals surface area (Å²) >= 11 is 0. The van der Waals surface area contributed by atoms with Crippen LogP contribution in [0.2, 0.25) is 0 Å². The summed E-state index contributed by atoms with van der Waals surface area (Å²) in [6, 6.07) is 2.34. The van der Waals surface area contributed by atoms with Crippen LogP contribution in [0.1, 0.15) is 69.2 Å². The molecule has 0 N–H and O–H groups in total. The van der Waals surface area contributed by atoms with Gasteiger partial charge in [0.15, 0.2) is 7.56 Å². The highest BCUT2D eigenvalue weighted by Gasteiger charge is 2.62. The van der Waals surface area contributed by atoms with E-state index >= 15 is 0 Å². The molecule has 2 atom stereocenters. The van der Waals surface area contributed by atoms with E-state index < -0.39 is 7.56 Å². The first kappa shape index (κ1) is 19.1. The molecule has 0 saturated carbocycles. The number of rotatable bonds is 6. The molecule has 1 aliphatic heterocycles. The molecule has 3 heteroatoms. The van der Waals surface area contributed by atoms with Crippen molar-refractivity contribution in [1.82, 2.24) is 9.34 Å². The van der Waals surface area contributed by atoms with E-state index in [1.54, 1.807) is 0 Å². The Labute approximate surface area is 134 Å². The minimum Gasteiger partial charge on any atom is -0.158 e. The van der Waals surface area contributed by atoms with Gasteiger partial charge in [-0.25, -0.2) is 0 Å². The fourth-order valence-electron chi connectivity index (χ4n) is 4.58. The standard InChI is InChI=1S/C18H38N2P/c1-13(2)19(14(3)4)21(17(9)11-12-18(21)10)20(15(5)6)16(7)8/h11-18H,1-10H3/q+1. The topological polar surface area (TPSA) is 6.48 Å². The highest BCUT2D eigenvalue weighted by molar-refractivity contribution is 7.73. The number of hydrogen-bond acceptors (Lipinski definition) is 2. The molecular formula is C18H38N2P+. The summed E-state index contributed by atoms with van der Waals surface area (Å²) < 4.78 is 5.73. The van der Waals surface area contributed by atoms with E-state index in [1.165, 1.54) is 0 Å². The Balaban J connectivity index is 3.50. The van der Waals surface area contributed by atoms with Gasteiger partial charge in [0.2, 0.25) is 0 Å². The van der Waals surface area contributed by atoms with Gasteiger partial charge in [-0.15, -0.1) is 0 Å². The van der Waals surface area contributed by atoms with Crippen molar-refractivity contribution in [2.45, 2.75) is 105 Å². The minimum absolute atomic E-state index is 0.586. The normalized spacial score (nSPS) is 25.5. The fourth-order valence-corrected chi connectivity index (χ4v) is 10.9. The van der Waals surface area contributed by atoms with Crippen LogP contribution in [0.5, 0.6) is 0 Å². The third-order valence-corrected chi connectivity index (χ3v) is 10.8. The molecule has 2 unspecified atom stereocenters. The van der Waals surface area contributed by atoms with Gasteiger partial charge in [0.05, 0.1) is 0 Å². The molecule has 0 amide bonds. The Morgan fingerprint density at radius 3 is 1.05 bits per heavy atom. The van der Waals surface area contributed by atoms with Crippen molar-refractivity contribution in [3.05, 3.63) is 12.2 Å². The first-order valence-corrected chi connectivity index (χ1v) is 10.6. The van der Waals surface area contributed by atoms with Crippen LogP contribution in [0, 0.1) is 0 Å². The maximum absolute atomic E-state index is 2.86. The molecule has 0 aliphatic carbocycles. The van der Waals surface area contributed by atoms with E-state index in [1.807, 2.05) is 0 Å². The van der Waals surface area contributed by atoms with Crippen molar-refractivity contribution in [1.29, 1.82) is 0 Å². The average Bonchev–Trinajstić information content (AvgIpc) is 2.56. The molecule has 0 aromatic heterocycles. The molecular weight excluding hydrogens is 275 g/mol. The van der Waals surface area contributed by atoms with Gasteiger partial charge in [-0.1, -0.05) is 0 Å². The van der Waals surface area contributed by atoms with E-state index in [4.69, 9.17) is 0 Å². The predicted molar refractivity (Wildman–Crippen MR) is 99.2 cm³/mol.